The molecule has 0 bridgehead atoms. The van der Waals surface area contributed by atoms with Crippen molar-refractivity contribution in [1.29, 1.82) is 0 Å². The van der Waals surface area contributed by atoms with Crippen LogP contribution < -0.4 is 14.8 Å². The van der Waals surface area contributed by atoms with E-state index < -0.39 is 0 Å². The zero-order valence-corrected chi connectivity index (χ0v) is 20.0. The summed E-state index contributed by atoms with van der Waals surface area (Å²) in [6.07, 6.45) is 1.00. The molecule has 3 aromatic rings. The molecule has 0 spiro atoms. The zero-order valence-electron chi connectivity index (χ0n) is 17.6. The summed E-state index contributed by atoms with van der Waals surface area (Å²) in [6.45, 7) is 4.60. The maximum atomic E-state index is 6.15. The minimum atomic E-state index is 0. The van der Waals surface area contributed by atoms with E-state index in [2.05, 4.69) is 26.9 Å². The molecule has 7 nitrogen and oxygen atoms in total. The molecule has 0 aliphatic carbocycles. The van der Waals surface area contributed by atoms with Crippen LogP contribution in [0.15, 0.2) is 47.6 Å². The van der Waals surface area contributed by atoms with Crippen molar-refractivity contribution in [3.63, 3.8) is 0 Å². The number of halogens is 2. The van der Waals surface area contributed by atoms with Gasteiger partial charge in [0.2, 0.25) is 5.16 Å². The van der Waals surface area contributed by atoms with E-state index in [4.69, 9.17) is 21.1 Å². The summed E-state index contributed by atoms with van der Waals surface area (Å²) in [5.74, 6) is 2.48. The van der Waals surface area contributed by atoms with Gasteiger partial charge in [-0.3, -0.25) is 0 Å². The van der Waals surface area contributed by atoms with Gasteiger partial charge in [-0.05, 0) is 54.1 Å². The van der Waals surface area contributed by atoms with Crippen LogP contribution in [0.5, 0.6) is 11.5 Å². The molecule has 0 aliphatic heterocycles. The molecule has 0 atom stereocenters. The van der Waals surface area contributed by atoms with E-state index in [1.165, 1.54) is 0 Å². The summed E-state index contributed by atoms with van der Waals surface area (Å²) in [7, 11) is 1.84. The zero-order chi connectivity index (χ0) is 21.2. The first-order valence-corrected chi connectivity index (χ1v) is 11.2. The van der Waals surface area contributed by atoms with Crippen molar-refractivity contribution in [2.45, 2.75) is 31.7 Å². The van der Waals surface area contributed by atoms with Crippen LogP contribution in [-0.2, 0) is 20.2 Å². The van der Waals surface area contributed by atoms with E-state index in [1.807, 2.05) is 50.4 Å². The number of hydrogen-bond acceptors (Lipinski definition) is 7. The lowest BCUT2D eigenvalue weighted by atomic mass is 10.1. The van der Waals surface area contributed by atoms with Crippen molar-refractivity contribution >= 4 is 35.8 Å². The van der Waals surface area contributed by atoms with Crippen molar-refractivity contribution in [3.05, 3.63) is 58.6 Å². The van der Waals surface area contributed by atoms with Gasteiger partial charge in [-0.25, -0.2) is 4.68 Å². The van der Waals surface area contributed by atoms with Crippen LogP contribution in [0.4, 0.5) is 0 Å². The number of nitrogens with one attached hydrogen (secondary N) is 1. The molecule has 0 fully saturated rings. The number of aryl methyl sites for hydroxylation is 1. The molecular formula is C21H27Cl2N5O2S. The third-order valence-electron chi connectivity index (χ3n) is 4.28. The second-order valence-corrected chi connectivity index (χ2v) is 8.05. The minimum absolute atomic E-state index is 0. The van der Waals surface area contributed by atoms with Crippen molar-refractivity contribution in [2.75, 3.05) is 18.9 Å². The Morgan fingerprint density at radius 3 is 2.65 bits per heavy atom. The molecule has 31 heavy (non-hydrogen) atoms. The van der Waals surface area contributed by atoms with Crippen LogP contribution in [0.2, 0.25) is 5.02 Å². The van der Waals surface area contributed by atoms with Crippen LogP contribution >= 0.6 is 35.8 Å². The molecule has 3 rings (SSSR count). The van der Waals surface area contributed by atoms with Gasteiger partial charge in [-0.2, -0.15) is 0 Å². The van der Waals surface area contributed by atoms with Gasteiger partial charge in [0.15, 0.2) is 11.5 Å². The Labute approximate surface area is 198 Å². The van der Waals surface area contributed by atoms with Gasteiger partial charge in [0.1, 0.15) is 6.61 Å². The fourth-order valence-corrected chi connectivity index (χ4v) is 3.71. The summed E-state index contributed by atoms with van der Waals surface area (Å²) < 4.78 is 13.6. The summed E-state index contributed by atoms with van der Waals surface area (Å²) in [6, 6.07) is 13.7. The standard InChI is InChI=1S/C21H26ClN5O2S.ClH/c1-3-28-19-7-4-6-17(20(19)29-15-16-8-10-18(22)11-9-16)14-23-12-5-13-30-21-24-25-26-27(21)2;/h4,6-11,23H,3,5,12-15H2,1-2H3;1H. The highest BCUT2D eigenvalue weighted by molar-refractivity contribution is 7.99. The normalized spacial score (nSPS) is 10.5. The Morgan fingerprint density at radius 2 is 1.94 bits per heavy atom. The molecule has 0 aliphatic rings. The predicted octanol–water partition coefficient (Wildman–Crippen LogP) is 4.54. The first-order valence-electron chi connectivity index (χ1n) is 9.85. The van der Waals surface area contributed by atoms with Gasteiger partial charge in [-0.15, -0.1) is 17.5 Å². The van der Waals surface area contributed by atoms with E-state index in [0.29, 0.717) is 24.8 Å². The molecule has 168 valence electrons. The molecule has 0 saturated heterocycles. The highest BCUT2D eigenvalue weighted by atomic mass is 35.5. The maximum Gasteiger partial charge on any atom is 0.209 e. The van der Waals surface area contributed by atoms with Crippen molar-refractivity contribution in [3.8, 4) is 11.5 Å². The Hall–Kier alpha value is -2.00. The fraction of sp³-hybridized carbons (Fsp3) is 0.381. The molecule has 1 N–H and O–H groups in total. The Kier molecular flexibility index (Phi) is 10.9. The maximum absolute atomic E-state index is 6.15. The summed E-state index contributed by atoms with van der Waals surface area (Å²) in [5.41, 5.74) is 2.12. The molecule has 1 aromatic heterocycles. The topological polar surface area (TPSA) is 74.1 Å². The Balaban J connectivity index is 0.00000341. The summed E-state index contributed by atoms with van der Waals surface area (Å²) in [5, 5.41) is 16.5. The number of hydrogen-bond donors (Lipinski definition) is 1. The lowest BCUT2D eigenvalue weighted by molar-refractivity contribution is 0.266. The van der Waals surface area contributed by atoms with Gasteiger partial charge in [-0.1, -0.05) is 47.6 Å². The second kappa shape index (κ2) is 13.4. The summed E-state index contributed by atoms with van der Waals surface area (Å²) >= 11 is 7.62. The number of rotatable bonds is 12. The number of para-hydroxylation sites is 1. The molecular weight excluding hydrogens is 457 g/mol. The number of benzene rings is 2. The SMILES string of the molecule is CCOc1cccc(CNCCCSc2nnnn2C)c1OCc1ccc(Cl)cc1.Cl. The van der Waals surface area contributed by atoms with E-state index in [1.54, 1.807) is 16.4 Å². The fourth-order valence-electron chi connectivity index (χ4n) is 2.80. The third-order valence-corrected chi connectivity index (χ3v) is 5.63. The number of aromatic nitrogens is 4. The quantitative estimate of drug-likeness (QED) is 0.299. The van der Waals surface area contributed by atoms with Gasteiger partial charge >= 0.3 is 0 Å². The minimum Gasteiger partial charge on any atom is -0.490 e. The van der Waals surface area contributed by atoms with Crippen LogP contribution in [-0.4, -0.2) is 39.1 Å². The van der Waals surface area contributed by atoms with Gasteiger partial charge in [0.05, 0.1) is 6.61 Å². The average Bonchev–Trinajstić information content (AvgIpc) is 3.16. The number of thioether (sulfide) groups is 1. The van der Waals surface area contributed by atoms with E-state index in [-0.39, 0.29) is 12.4 Å². The Bertz CT molecular complexity index is 924. The van der Waals surface area contributed by atoms with E-state index >= 15 is 0 Å². The number of ether oxygens (including phenoxy) is 2. The molecule has 0 unspecified atom stereocenters. The van der Waals surface area contributed by atoms with Crippen LogP contribution in [0.3, 0.4) is 0 Å². The van der Waals surface area contributed by atoms with Crippen LogP contribution in [0.1, 0.15) is 24.5 Å². The van der Waals surface area contributed by atoms with E-state index in [0.717, 1.165) is 46.5 Å². The average molecular weight is 484 g/mol. The van der Waals surface area contributed by atoms with Crippen molar-refractivity contribution < 1.29 is 9.47 Å². The van der Waals surface area contributed by atoms with Gasteiger partial charge in [0.25, 0.3) is 0 Å². The predicted molar refractivity (Wildman–Crippen MR) is 126 cm³/mol. The molecule has 0 radical (unpaired) electrons. The highest BCUT2D eigenvalue weighted by Gasteiger charge is 2.11. The van der Waals surface area contributed by atoms with Crippen LogP contribution in [0.25, 0.3) is 0 Å². The van der Waals surface area contributed by atoms with Crippen molar-refractivity contribution in [1.82, 2.24) is 25.5 Å². The summed E-state index contributed by atoms with van der Waals surface area (Å²) in [4.78, 5) is 0. The number of nitrogens with zero attached hydrogens (tertiary/aromatic N) is 4. The third kappa shape index (κ3) is 7.88. The number of tetrazole rings is 1. The van der Waals surface area contributed by atoms with Crippen LogP contribution in [0, 0.1) is 0 Å². The largest absolute Gasteiger partial charge is 0.490 e. The molecule has 0 saturated carbocycles. The molecule has 2 aromatic carbocycles. The Morgan fingerprint density at radius 1 is 1.13 bits per heavy atom. The van der Waals surface area contributed by atoms with Gasteiger partial charge < -0.3 is 14.8 Å². The van der Waals surface area contributed by atoms with E-state index in [9.17, 15) is 0 Å². The van der Waals surface area contributed by atoms with Gasteiger partial charge in [0, 0.05) is 29.9 Å². The smallest absolute Gasteiger partial charge is 0.209 e. The molecule has 0 amide bonds. The first-order chi connectivity index (χ1) is 14.7. The molecule has 10 heteroatoms. The van der Waals surface area contributed by atoms with Crippen molar-refractivity contribution in [2.24, 2.45) is 7.05 Å². The highest BCUT2D eigenvalue weighted by Crippen LogP contribution is 2.32. The lowest BCUT2D eigenvalue weighted by Crippen LogP contribution is -2.16. The monoisotopic (exact) mass is 483 g/mol. The lowest BCUT2D eigenvalue weighted by Gasteiger charge is -2.16. The first kappa shape index (κ1) is 25.3. The second-order valence-electron chi connectivity index (χ2n) is 6.56. The molecule has 1 heterocycles.